The molecular weight excluding hydrogens is 286 g/mol. The highest BCUT2D eigenvalue weighted by atomic mass is 16.5. The Morgan fingerprint density at radius 3 is 2.43 bits per heavy atom. The van der Waals surface area contributed by atoms with Crippen molar-refractivity contribution in [3.05, 3.63) is 78.5 Å². The van der Waals surface area contributed by atoms with Crippen molar-refractivity contribution in [2.45, 2.75) is 6.54 Å². The number of hydrogen-bond donors (Lipinski definition) is 2. The number of nitrogens with zero attached hydrogens (tertiary/aromatic N) is 1. The first-order valence-electron chi connectivity index (χ1n) is 7.48. The van der Waals surface area contributed by atoms with Crippen molar-refractivity contribution in [1.82, 2.24) is 4.98 Å². The molecule has 4 nitrogen and oxygen atoms in total. The molecule has 0 saturated heterocycles. The van der Waals surface area contributed by atoms with Crippen molar-refractivity contribution in [3.8, 4) is 5.75 Å². The van der Waals surface area contributed by atoms with E-state index in [2.05, 4.69) is 27.8 Å². The summed E-state index contributed by atoms with van der Waals surface area (Å²) in [5.41, 5.74) is 3.24. The first-order chi connectivity index (χ1) is 11.3. The summed E-state index contributed by atoms with van der Waals surface area (Å²) in [6.07, 6.45) is 1.79. The summed E-state index contributed by atoms with van der Waals surface area (Å²) in [6.45, 7) is 0.785. The van der Waals surface area contributed by atoms with Crippen LogP contribution in [0.2, 0.25) is 0 Å². The number of aromatic nitrogens is 1. The van der Waals surface area contributed by atoms with E-state index in [1.54, 1.807) is 13.3 Å². The molecule has 4 heteroatoms. The van der Waals surface area contributed by atoms with Gasteiger partial charge in [-0.3, -0.25) is 0 Å². The molecule has 2 N–H and O–H groups in total. The van der Waals surface area contributed by atoms with Gasteiger partial charge in [0.2, 0.25) is 0 Å². The monoisotopic (exact) mass is 305 g/mol. The molecule has 1 aromatic heterocycles. The third kappa shape index (κ3) is 4.23. The molecule has 3 rings (SSSR count). The van der Waals surface area contributed by atoms with Gasteiger partial charge >= 0.3 is 0 Å². The average Bonchev–Trinajstić information content (AvgIpc) is 2.62. The highest BCUT2D eigenvalue weighted by molar-refractivity contribution is 5.61. The first-order valence-corrected chi connectivity index (χ1v) is 7.48. The topological polar surface area (TPSA) is 46.2 Å². The molecule has 0 bridgehead atoms. The predicted octanol–water partition coefficient (Wildman–Crippen LogP) is 4.45. The number of methoxy groups -OCH3 is 1. The minimum absolute atomic E-state index is 0.785. The third-order valence-electron chi connectivity index (χ3n) is 3.46. The van der Waals surface area contributed by atoms with Crippen molar-refractivity contribution in [1.29, 1.82) is 0 Å². The molecule has 23 heavy (non-hydrogen) atoms. The van der Waals surface area contributed by atoms with Crippen molar-refractivity contribution in [2.24, 2.45) is 0 Å². The minimum Gasteiger partial charge on any atom is -0.497 e. The zero-order valence-electron chi connectivity index (χ0n) is 13.0. The summed E-state index contributed by atoms with van der Waals surface area (Å²) in [5, 5.41) is 6.69. The van der Waals surface area contributed by atoms with E-state index >= 15 is 0 Å². The van der Waals surface area contributed by atoms with E-state index in [1.807, 2.05) is 54.6 Å². The van der Waals surface area contributed by atoms with Crippen molar-refractivity contribution in [2.75, 3.05) is 17.7 Å². The number of hydrogen-bond acceptors (Lipinski definition) is 4. The molecule has 0 aliphatic rings. The zero-order chi connectivity index (χ0) is 15.9. The molecule has 0 spiro atoms. The molecule has 0 fully saturated rings. The first kappa shape index (κ1) is 14.9. The van der Waals surface area contributed by atoms with Crippen LogP contribution in [0.4, 0.5) is 17.2 Å². The summed E-state index contributed by atoms with van der Waals surface area (Å²) in [5.74, 6) is 1.63. The molecule has 0 radical (unpaired) electrons. The van der Waals surface area contributed by atoms with Gasteiger partial charge in [-0.15, -0.1) is 0 Å². The van der Waals surface area contributed by atoms with E-state index in [-0.39, 0.29) is 0 Å². The highest BCUT2D eigenvalue weighted by Gasteiger charge is 1.99. The molecule has 0 atom stereocenters. The second-order valence-electron chi connectivity index (χ2n) is 5.12. The second-order valence-corrected chi connectivity index (χ2v) is 5.12. The van der Waals surface area contributed by atoms with Gasteiger partial charge in [0.25, 0.3) is 0 Å². The van der Waals surface area contributed by atoms with Crippen molar-refractivity contribution >= 4 is 17.2 Å². The molecule has 1 heterocycles. The molecule has 0 aliphatic carbocycles. The van der Waals surface area contributed by atoms with E-state index in [1.165, 1.54) is 5.56 Å². The molecule has 0 amide bonds. The molecule has 0 unspecified atom stereocenters. The van der Waals surface area contributed by atoms with Gasteiger partial charge in [-0.05, 0) is 35.9 Å². The predicted molar refractivity (Wildman–Crippen MR) is 94.3 cm³/mol. The summed E-state index contributed by atoms with van der Waals surface area (Å²) in [7, 11) is 1.66. The van der Waals surface area contributed by atoms with E-state index in [0.29, 0.717) is 0 Å². The summed E-state index contributed by atoms with van der Waals surface area (Å²) in [4.78, 5) is 4.35. The van der Waals surface area contributed by atoms with Gasteiger partial charge in [0.05, 0.1) is 7.11 Å². The summed E-state index contributed by atoms with van der Waals surface area (Å²) >= 11 is 0. The number of rotatable bonds is 6. The van der Waals surface area contributed by atoms with Gasteiger partial charge in [-0.1, -0.05) is 30.3 Å². The standard InChI is InChI=1S/C19H19N3O/c1-23-18-9-7-16(8-10-18)22-19-13-17(11-12-20-19)21-14-15-5-3-2-4-6-15/h2-13H,14H2,1H3,(H2,20,21,22). The number of nitrogens with one attached hydrogen (secondary N) is 2. The lowest BCUT2D eigenvalue weighted by Gasteiger charge is -2.10. The molecule has 3 aromatic rings. The maximum atomic E-state index is 5.16. The SMILES string of the molecule is COc1ccc(Nc2cc(NCc3ccccc3)ccn2)cc1. The highest BCUT2D eigenvalue weighted by Crippen LogP contribution is 2.20. The zero-order valence-corrected chi connectivity index (χ0v) is 13.0. The van der Waals surface area contributed by atoms with Crippen LogP contribution in [0.1, 0.15) is 5.56 Å². The number of pyridine rings is 1. The Labute approximate surface area is 136 Å². The van der Waals surface area contributed by atoms with Gasteiger partial charge < -0.3 is 15.4 Å². The van der Waals surface area contributed by atoms with Crippen LogP contribution < -0.4 is 15.4 Å². The Morgan fingerprint density at radius 1 is 0.913 bits per heavy atom. The van der Waals surface area contributed by atoms with Crippen molar-refractivity contribution < 1.29 is 4.74 Å². The normalized spacial score (nSPS) is 10.1. The Kier molecular flexibility index (Phi) is 4.74. The lowest BCUT2D eigenvalue weighted by atomic mass is 10.2. The smallest absolute Gasteiger partial charge is 0.132 e. The second kappa shape index (κ2) is 7.31. The Hall–Kier alpha value is -3.01. The molecule has 116 valence electrons. The van der Waals surface area contributed by atoms with Gasteiger partial charge in [0, 0.05) is 30.2 Å². The minimum atomic E-state index is 0.785. The Morgan fingerprint density at radius 2 is 1.70 bits per heavy atom. The maximum absolute atomic E-state index is 5.16. The van der Waals surface area contributed by atoms with E-state index in [4.69, 9.17) is 4.74 Å². The lowest BCUT2D eigenvalue weighted by Crippen LogP contribution is -2.00. The molecule has 0 aliphatic heterocycles. The lowest BCUT2D eigenvalue weighted by molar-refractivity contribution is 0.415. The van der Waals surface area contributed by atoms with E-state index in [9.17, 15) is 0 Å². The Balaban J connectivity index is 1.64. The number of ether oxygens (including phenoxy) is 1. The molecular formula is C19H19N3O. The maximum Gasteiger partial charge on any atom is 0.132 e. The van der Waals surface area contributed by atoms with E-state index in [0.717, 1.165) is 29.5 Å². The fraction of sp³-hybridized carbons (Fsp3) is 0.105. The van der Waals surface area contributed by atoms with Gasteiger partial charge in [-0.25, -0.2) is 4.98 Å². The van der Waals surface area contributed by atoms with Crippen LogP contribution in [-0.4, -0.2) is 12.1 Å². The van der Waals surface area contributed by atoms with Gasteiger partial charge in [-0.2, -0.15) is 0 Å². The van der Waals surface area contributed by atoms with Crippen LogP contribution in [0.25, 0.3) is 0 Å². The van der Waals surface area contributed by atoms with Gasteiger partial charge in [0.15, 0.2) is 0 Å². The fourth-order valence-corrected chi connectivity index (χ4v) is 2.23. The number of benzene rings is 2. The third-order valence-corrected chi connectivity index (χ3v) is 3.46. The molecule has 2 aromatic carbocycles. The number of anilines is 3. The average molecular weight is 305 g/mol. The van der Waals surface area contributed by atoms with E-state index < -0.39 is 0 Å². The van der Waals surface area contributed by atoms with Gasteiger partial charge in [0.1, 0.15) is 11.6 Å². The van der Waals surface area contributed by atoms with Crippen LogP contribution in [0.3, 0.4) is 0 Å². The Bertz CT molecular complexity index is 742. The van der Waals surface area contributed by atoms with Crippen LogP contribution in [0.15, 0.2) is 72.9 Å². The van der Waals surface area contributed by atoms with Crippen LogP contribution in [0, 0.1) is 0 Å². The van der Waals surface area contributed by atoms with Crippen LogP contribution in [-0.2, 0) is 6.54 Å². The largest absolute Gasteiger partial charge is 0.497 e. The fourth-order valence-electron chi connectivity index (χ4n) is 2.23. The van der Waals surface area contributed by atoms with Crippen LogP contribution >= 0.6 is 0 Å². The molecule has 0 saturated carbocycles. The van der Waals surface area contributed by atoms with Crippen molar-refractivity contribution in [3.63, 3.8) is 0 Å². The summed E-state index contributed by atoms with van der Waals surface area (Å²) in [6, 6.07) is 22.0. The quantitative estimate of drug-likeness (QED) is 0.706. The summed E-state index contributed by atoms with van der Waals surface area (Å²) < 4.78 is 5.16. The van der Waals surface area contributed by atoms with Crippen LogP contribution in [0.5, 0.6) is 5.75 Å².